The molecule has 6 rings (SSSR count). The first kappa shape index (κ1) is 22.1. The molecule has 3 fully saturated rings. The molecule has 1 aliphatic heterocycles. The number of carbonyl (C=O) groups excluding carboxylic acids is 2. The van der Waals surface area contributed by atoms with Crippen molar-refractivity contribution in [1.29, 1.82) is 0 Å². The van der Waals surface area contributed by atoms with Crippen molar-refractivity contribution in [3.8, 4) is 11.1 Å². The number of carbonyl (C=O) groups is 3. The number of hydrogen-bond donors (Lipinski definition) is 3. The molecule has 8 nitrogen and oxygen atoms in total. The molecule has 0 radical (unpaired) electrons. The number of fused-ring (bicyclic) bond motifs is 4. The zero-order valence-corrected chi connectivity index (χ0v) is 19.3. The number of aliphatic carboxylic acids is 1. The van der Waals surface area contributed by atoms with E-state index in [1.165, 1.54) is 0 Å². The fourth-order valence-corrected chi connectivity index (χ4v) is 6.32. The number of benzene rings is 2. The predicted octanol–water partition coefficient (Wildman–Crippen LogP) is 3.05. The van der Waals surface area contributed by atoms with Crippen LogP contribution in [0.3, 0.4) is 0 Å². The fourth-order valence-electron chi connectivity index (χ4n) is 6.32. The van der Waals surface area contributed by atoms with Crippen LogP contribution >= 0.6 is 0 Å². The summed E-state index contributed by atoms with van der Waals surface area (Å²) in [5.41, 5.74) is 2.62. The topological polar surface area (TPSA) is 114 Å². The Morgan fingerprint density at radius 2 is 1.71 bits per heavy atom. The van der Waals surface area contributed by atoms with Crippen LogP contribution in [0.4, 0.5) is 4.79 Å². The van der Waals surface area contributed by atoms with Crippen LogP contribution in [0.2, 0.25) is 0 Å². The van der Waals surface area contributed by atoms with Crippen LogP contribution in [0, 0.1) is 11.3 Å². The lowest BCUT2D eigenvalue weighted by Crippen LogP contribution is -2.61. The lowest BCUT2D eigenvalue weighted by Gasteiger charge is -2.29. The molecule has 3 N–H and O–H groups in total. The van der Waals surface area contributed by atoms with Crippen LogP contribution in [0.5, 0.6) is 0 Å². The Labute approximate surface area is 203 Å². The van der Waals surface area contributed by atoms with E-state index in [-0.39, 0.29) is 37.0 Å². The summed E-state index contributed by atoms with van der Waals surface area (Å²) >= 11 is 0. The van der Waals surface area contributed by atoms with E-state index >= 15 is 0 Å². The maximum absolute atomic E-state index is 13.2. The van der Waals surface area contributed by atoms with E-state index in [4.69, 9.17) is 9.47 Å². The van der Waals surface area contributed by atoms with Crippen LogP contribution < -0.4 is 10.6 Å². The molecule has 0 aromatic heterocycles. The van der Waals surface area contributed by atoms with E-state index in [1.807, 2.05) is 24.3 Å². The number of ether oxygens (including phenoxy) is 2. The van der Waals surface area contributed by atoms with Crippen molar-refractivity contribution in [3.05, 3.63) is 59.7 Å². The second-order valence-corrected chi connectivity index (χ2v) is 10.3. The minimum absolute atomic E-state index is 0.0588. The van der Waals surface area contributed by atoms with Crippen molar-refractivity contribution in [3.63, 3.8) is 0 Å². The first-order chi connectivity index (χ1) is 16.9. The molecule has 1 heterocycles. The normalized spacial score (nSPS) is 30.2. The number of amides is 2. The van der Waals surface area contributed by atoms with Gasteiger partial charge in [-0.3, -0.25) is 9.59 Å². The Bertz CT molecular complexity index is 1160. The lowest BCUT2D eigenvalue weighted by atomic mass is 9.96. The molecule has 35 heavy (non-hydrogen) atoms. The summed E-state index contributed by atoms with van der Waals surface area (Å²) in [5, 5.41) is 15.3. The summed E-state index contributed by atoms with van der Waals surface area (Å²) in [6.07, 6.45) is 1.44. The molecule has 2 aromatic carbocycles. The smallest absolute Gasteiger partial charge is 0.408 e. The number of carboxylic acids is 1. The molecule has 2 aromatic rings. The van der Waals surface area contributed by atoms with Gasteiger partial charge in [-0.05, 0) is 47.4 Å². The molecule has 0 spiro atoms. The molecule has 4 unspecified atom stereocenters. The number of hydrogen-bond acceptors (Lipinski definition) is 5. The lowest BCUT2D eigenvalue weighted by molar-refractivity contribution is -0.144. The van der Waals surface area contributed by atoms with Gasteiger partial charge < -0.3 is 25.2 Å². The Hall–Kier alpha value is -3.39. The maximum Gasteiger partial charge on any atom is 0.408 e. The Kier molecular flexibility index (Phi) is 5.11. The van der Waals surface area contributed by atoms with Gasteiger partial charge in [0.1, 0.15) is 12.1 Å². The molecule has 1 saturated heterocycles. The van der Waals surface area contributed by atoms with E-state index in [0.29, 0.717) is 32.3 Å². The number of rotatable bonds is 6. The van der Waals surface area contributed by atoms with Gasteiger partial charge in [-0.1, -0.05) is 48.5 Å². The van der Waals surface area contributed by atoms with Gasteiger partial charge in [-0.25, -0.2) is 4.79 Å². The standard InChI is InChI=1S/C27H28N2O6/c30-23(28-17-11-16-12-26(16,13-17)24(31)32)27(9-10-34-15-27)29-25(33)35-14-22-20-7-3-1-5-18(20)19-6-2-4-8-21(19)22/h1-8,16-17,22H,9-15H2,(H,28,30)(H,29,33)(H,31,32). The minimum atomic E-state index is -1.22. The molecule has 0 bridgehead atoms. The fraction of sp³-hybridized carbons (Fsp3) is 0.444. The van der Waals surface area contributed by atoms with Gasteiger partial charge in [0.25, 0.3) is 0 Å². The van der Waals surface area contributed by atoms with Gasteiger partial charge in [0.05, 0.1) is 12.0 Å². The largest absolute Gasteiger partial charge is 0.481 e. The Balaban J connectivity index is 1.11. The van der Waals surface area contributed by atoms with Crippen molar-refractivity contribution in [2.75, 3.05) is 19.8 Å². The van der Waals surface area contributed by atoms with Crippen molar-refractivity contribution < 1.29 is 29.0 Å². The SMILES string of the molecule is O=C(NC1(C(=O)NC2CC3CC3(C(=O)O)C2)CCOC1)OCC1c2ccccc2-c2ccccc21. The average molecular weight is 477 g/mol. The van der Waals surface area contributed by atoms with Crippen LogP contribution in [0.1, 0.15) is 42.7 Å². The monoisotopic (exact) mass is 476 g/mol. The first-order valence-electron chi connectivity index (χ1n) is 12.2. The zero-order valence-electron chi connectivity index (χ0n) is 19.3. The van der Waals surface area contributed by atoms with E-state index in [9.17, 15) is 19.5 Å². The molecular formula is C27H28N2O6. The summed E-state index contributed by atoms with van der Waals surface area (Å²) in [6.45, 7) is 0.566. The molecule has 2 amide bonds. The highest BCUT2D eigenvalue weighted by atomic mass is 16.6. The van der Waals surface area contributed by atoms with Gasteiger partial charge in [0, 0.05) is 25.0 Å². The van der Waals surface area contributed by atoms with Gasteiger partial charge >= 0.3 is 12.1 Å². The number of nitrogens with one attached hydrogen (secondary N) is 2. The molecular weight excluding hydrogens is 448 g/mol. The number of alkyl carbamates (subject to hydrolysis) is 1. The van der Waals surface area contributed by atoms with Crippen LogP contribution in [0.25, 0.3) is 11.1 Å². The zero-order chi connectivity index (χ0) is 24.2. The Morgan fingerprint density at radius 1 is 1.03 bits per heavy atom. The van der Waals surface area contributed by atoms with E-state index in [2.05, 4.69) is 34.9 Å². The third-order valence-electron chi connectivity index (χ3n) is 8.31. The van der Waals surface area contributed by atoms with Crippen molar-refractivity contribution in [2.45, 2.75) is 43.2 Å². The summed E-state index contributed by atoms with van der Waals surface area (Å²) in [7, 11) is 0. The number of carboxylic acid groups (broad SMARTS) is 1. The highest BCUT2D eigenvalue weighted by molar-refractivity contribution is 5.91. The molecule has 182 valence electrons. The second kappa shape index (κ2) is 8.09. The average Bonchev–Trinajstić information content (AvgIpc) is 3.18. The van der Waals surface area contributed by atoms with Gasteiger partial charge in [0.15, 0.2) is 0 Å². The highest BCUT2D eigenvalue weighted by Crippen LogP contribution is 2.63. The summed E-state index contributed by atoms with van der Waals surface area (Å²) in [6, 6.07) is 16.0. The van der Waals surface area contributed by atoms with Crippen LogP contribution in [0.15, 0.2) is 48.5 Å². The van der Waals surface area contributed by atoms with Gasteiger partial charge in [-0.15, -0.1) is 0 Å². The minimum Gasteiger partial charge on any atom is -0.481 e. The third-order valence-corrected chi connectivity index (χ3v) is 8.31. The Morgan fingerprint density at radius 3 is 2.31 bits per heavy atom. The summed E-state index contributed by atoms with van der Waals surface area (Å²) < 4.78 is 11.1. The summed E-state index contributed by atoms with van der Waals surface area (Å²) in [4.78, 5) is 37.7. The van der Waals surface area contributed by atoms with Crippen LogP contribution in [-0.2, 0) is 19.1 Å². The van der Waals surface area contributed by atoms with Crippen LogP contribution in [-0.4, -0.2) is 54.5 Å². The molecule has 8 heteroatoms. The van der Waals surface area contributed by atoms with Crippen molar-refractivity contribution in [2.24, 2.45) is 11.3 Å². The van der Waals surface area contributed by atoms with E-state index in [1.54, 1.807) is 0 Å². The maximum atomic E-state index is 13.2. The second-order valence-electron chi connectivity index (χ2n) is 10.3. The van der Waals surface area contributed by atoms with Crippen molar-refractivity contribution >= 4 is 18.0 Å². The predicted molar refractivity (Wildman–Crippen MR) is 126 cm³/mol. The molecule has 3 aliphatic carbocycles. The molecule has 4 aliphatic rings. The van der Waals surface area contributed by atoms with Gasteiger partial charge in [0.2, 0.25) is 5.91 Å². The highest BCUT2D eigenvalue weighted by Gasteiger charge is 2.66. The summed E-state index contributed by atoms with van der Waals surface area (Å²) in [5.74, 6) is -1.07. The molecule has 4 atom stereocenters. The first-order valence-corrected chi connectivity index (χ1v) is 12.2. The van der Waals surface area contributed by atoms with Gasteiger partial charge in [-0.2, -0.15) is 0 Å². The third kappa shape index (κ3) is 3.58. The van der Waals surface area contributed by atoms with Crippen molar-refractivity contribution in [1.82, 2.24) is 10.6 Å². The van der Waals surface area contributed by atoms with E-state index < -0.39 is 23.0 Å². The van der Waals surface area contributed by atoms with E-state index in [0.717, 1.165) is 22.3 Å². The quantitative estimate of drug-likeness (QED) is 0.591. The molecule has 2 saturated carbocycles.